The fourth-order valence-electron chi connectivity index (χ4n) is 2.20. The van der Waals surface area contributed by atoms with Crippen LogP contribution in [0.15, 0.2) is 12.3 Å². The van der Waals surface area contributed by atoms with E-state index in [9.17, 15) is 10.1 Å². The number of hydrogen-bond acceptors (Lipinski definition) is 4. The summed E-state index contributed by atoms with van der Waals surface area (Å²) in [5.74, 6) is 0.227. The third-order valence-electron chi connectivity index (χ3n) is 3.43. The Balaban J connectivity index is 2.36. The zero-order valence-electron chi connectivity index (χ0n) is 10.2. The monoisotopic (exact) mass is 264 g/mol. The van der Waals surface area contributed by atoms with Gasteiger partial charge in [-0.05, 0) is 30.0 Å². The molecule has 0 unspecified atom stereocenters. The van der Waals surface area contributed by atoms with E-state index in [1.54, 1.807) is 6.07 Å². The Morgan fingerprint density at radius 2 is 2.33 bits per heavy atom. The van der Waals surface area contributed by atoms with Gasteiger partial charge in [0.1, 0.15) is 11.2 Å². The van der Waals surface area contributed by atoms with Crippen LogP contribution in [0.1, 0.15) is 20.3 Å². The summed E-state index contributed by atoms with van der Waals surface area (Å²) < 4.78 is 0. The molecule has 1 aromatic rings. The molecule has 0 radical (unpaired) electrons. The van der Waals surface area contributed by atoms with Crippen molar-refractivity contribution in [3.63, 3.8) is 0 Å². The summed E-state index contributed by atoms with van der Waals surface area (Å²) >= 11 is 5.71. The van der Waals surface area contributed by atoms with Crippen molar-refractivity contribution in [3.05, 3.63) is 17.5 Å². The van der Waals surface area contributed by atoms with Gasteiger partial charge in [-0.3, -0.25) is 9.69 Å². The average Bonchev–Trinajstić information content (AvgIpc) is 2.67. The Labute approximate surface area is 110 Å². The highest BCUT2D eigenvalue weighted by Gasteiger charge is 2.50. The summed E-state index contributed by atoms with van der Waals surface area (Å²) in [7, 11) is 0. The van der Waals surface area contributed by atoms with Crippen LogP contribution < -0.4 is 4.90 Å². The van der Waals surface area contributed by atoms with Crippen molar-refractivity contribution in [1.29, 1.82) is 5.26 Å². The van der Waals surface area contributed by atoms with Crippen LogP contribution in [-0.2, 0) is 4.79 Å². The number of carbonyl (C=O) groups excluding carboxylic acids is 1. The molecular formula is C12H13ClN4O. The molecule has 2 heterocycles. The van der Waals surface area contributed by atoms with Gasteiger partial charge in [0.15, 0.2) is 0 Å². The van der Waals surface area contributed by atoms with Crippen molar-refractivity contribution >= 4 is 23.3 Å². The predicted molar refractivity (Wildman–Crippen MR) is 66.9 cm³/mol. The highest BCUT2D eigenvalue weighted by atomic mass is 35.5. The highest BCUT2D eigenvalue weighted by molar-refractivity contribution is 6.28. The number of amides is 1. The second-order valence-electron chi connectivity index (χ2n) is 4.63. The van der Waals surface area contributed by atoms with E-state index in [0.717, 1.165) is 0 Å². The van der Waals surface area contributed by atoms with E-state index in [-0.39, 0.29) is 17.1 Å². The van der Waals surface area contributed by atoms with Crippen molar-refractivity contribution in [1.82, 2.24) is 9.97 Å². The summed E-state index contributed by atoms with van der Waals surface area (Å²) in [5.41, 5.74) is -0.947. The first-order valence-corrected chi connectivity index (χ1v) is 6.11. The number of carbonyl (C=O) groups is 1. The molecule has 0 bridgehead atoms. The molecule has 0 N–H and O–H groups in total. The van der Waals surface area contributed by atoms with Gasteiger partial charge in [0, 0.05) is 12.7 Å². The molecule has 2 rings (SSSR count). The summed E-state index contributed by atoms with van der Waals surface area (Å²) in [4.78, 5) is 21.7. The summed E-state index contributed by atoms with van der Waals surface area (Å²) in [5, 5.41) is 9.42. The molecule has 6 heteroatoms. The molecule has 0 aliphatic carbocycles. The first-order chi connectivity index (χ1) is 8.51. The number of rotatable bonds is 2. The molecule has 5 nitrogen and oxygen atoms in total. The third kappa shape index (κ3) is 1.83. The molecule has 94 valence electrons. The lowest BCUT2D eigenvalue weighted by atomic mass is 9.77. The summed E-state index contributed by atoms with van der Waals surface area (Å²) in [6.07, 6.45) is 2.02. The Hall–Kier alpha value is -1.67. The van der Waals surface area contributed by atoms with Crippen molar-refractivity contribution in [3.8, 4) is 6.07 Å². The van der Waals surface area contributed by atoms with E-state index in [2.05, 4.69) is 16.0 Å². The lowest BCUT2D eigenvalue weighted by Crippen LogP contribution is -2.37. The van der Waals surface area contributed by atoms with Crippen molar-refractivity contribution in [2.45, 2.75) is 20.3 Å². The fourth-order valence-corrected chi connectivity index (χ4v) is 2.34. The van der Waals surface area contributed by atoms with Crippen LogP contribution in [0, 0.1) is 22.7 Å². The largest absolute Gasteiger partial charge is 0.295 e. The number of aromatic nitrogens is 2. The maximum absolute atomic E-state index is 12.4. The first-order valence-electron chi connectivity index (χ1n) is 5.73. The van der Waals surface area contributed by atoms with E-state index < -0.39 is 5.41 Å². The second-order valence-corrected chi connectivity index (χ2v) is 4.97. The number of nitrogens with zero attached hydrogens (tertiary/aromatic N) is 4. The van der Waals surface area contributed by atoms with Gasteiger partial charge < -0.3 is 0 Å². The normalized spacial score (nSPS) is 23.5. The third-order valence-corrected chi connectivity index (χ3v) is 3.61. The topological polar surface area (TPSA) is 69.9 Å². The SMILES string of the molecule is CC(C)[C@]1(C#N)CCN(c2ccnc(Cl)n2)C1=O. The maximum atomic E-state index is 12.4. The van der Waals surface area contributed by atoms with Gasteiger partial charge in [-0.25, -0.2) is 9.97 Å². The fraction of sp³-hybridized carbons (Fsp3) is 0.500. The van der Waals surface area contributed by atoms with Crippen LogP contribution in [-0.4, -0.2) is 22.4 Å². The van der Waals surface area contributed by atoms with E-state index in [4.69, 9.17) is 11.6 Å². The minimum Gasteiger partial charge on any atom is -0.295 e. The van der Waals surface area contributed by atoms with E-state index >= 15 is 0 Å². The zero-order valence-corrected chi connectivity index (χ0v) is 11.0. The molecule has 1 amide bonds. The minimum absolute atomic E-state index is 0.0303. The van der Waals surface area contributed by atoms with Crippen LogP contribution in [0.25, 0.3) is 0 Å². The smallest absolute Gasteiger partial charge is 0.248 e. The molecule has 1 saturated heterocycles. The van der Waals surface area contributed by atoms with Gasteiger partial charge >= 0.3 is 0 Å². The quantitative estimate of drug-likeness (QED) is 0.767. The van der Waals surface area contributed by atoms with Gasteiger partial charge in [0.05, 0.1) is 6.07 Å². The van der Waals surface area contributed by atoms with Crippen LogP contribution in [0.3, 0.4) is 0 Å². The molecule has 0 spiro atoms. The predicted octanol–water partition coefficient (Wildman–Crippen LogP) is 2.03. The molecular weight excluding hydrogens is 252 g/mol. The summed E-state index contributed by atoms with van der Waals surface area (Å²) in [6.45, 7) is 4.26. The molecule has 0 aromatic carbocycles. The second kappa shape index (κ2) is 4.54. The molecule has 1 aliphatic heterocycles. The van der Waals surface area contributed by atoms with Crippen molar-refractivity contribution in [2.75, 3.05) is 11.4 Å². The van der Waals surface area contributed by atoms with Crippen LogP contribution in [0.5, 0.6) is 0 Å². The Morgan fingerprint density at radius 3 is 2.83 bits per heavy atom. The summed E-state index contributed by atoms with van der Waals surface area (Å²) in [6, 6.07) is 3.80. The van der Waals surface area contributed by atoms with Gasteiger partial charge in [-0.1, -0.05) is 13.8 Å². The van der Waals surface area contributed by atoms with Gasteiger partial charge in [0.2, 0.25) is 11.2 Å². The van der Waals surface area contributed by atoms with Gasteiger partial charge in [-0.2, -0.15) is 5.26 Å². The molecule has 0 saturated carbocycles. The Morgan fingerprint density at radius 1 is 1.61 bits per heavy atom. The number of hydrogen-bond donors (Lipinski definition) is 0. The molecule has 18 heavy (non-hydrogen) atoms. The Kier molecular flexibility index (Phi) is 3.22. The molecule has 1 fully saturated rings. The van der Waals surface area contributed by atoms with E-state index in [1.165, 1.54) is 11.1 Å². The lowest BCUT2D eigenvalue weighted by molar-refractivity contribution is -0.124. The average molecular weight is 265 g/mol. The molecule has 1 aromatic heterocycles. The van der Waals surface area contributed by atoms with Crippen LogP contribution >= 0.6 is 11.6 Å². The molecule has 1 aliphatic rings. The minimum atomic E-state index is -0.947. The van der Waals surface area contributed by atoms with Crippen LogP contribution in [0.4, 0.5) is 5.82 Å². The van der Waals surface area contributed by atoms with E-state index in [1.807, 2.05) is 13.8 Å². The molecule has 1 atom stereocenters. The maximum Gasteiger partial charge on any atom is 0.248 e. The van der Waals surface area contributed by atoms with Gasteiger partial charge in [0.25, 0.3) is 0 Å². The zero-order chi connectivity index (χ0) is 13.3. The highest BCUT2D eigenvalue weighted by Crippen LogP contribution is 2.39. The first kappa shape index (κ1) is 12.8. The number of nitriles is 1. The standard InChI is InChI=1S/C12H13ClN4O/c1-8(2)12(7-14)4-6-17(10(12)18)9-3-5-15-11(13)16-9/h3,5,8H,4,6H2,1-2H3/t12-/m1/s1. The number of halogens is 1. The van der Waals surface area contributed by atoms with Crippen molar-refractivity contribution < 1.29 is 4.79 Å². The van der Waals surface area contributed by atoms with Crippen molar-refractivity contribution in [2.24, 2.45) is 11.3 Å². The van der Waals surface area contributed by atoms with E-state index in [0.29, 0.717) is 18.8 Å². The Bertz CT molecular complexity index is 525. The van der Waals surface area contributed by atoms with Gasteiger partial charge in [-0.15, -0.1) is 0 Å². The number of anilines is 1. The lowest BCUT2D eigenvalue weighted by Gasteiger charge is -2.23. The van der Waals surface area contributed by atoms with Crippen LogP contribution in [0.2, 0.25) is 5.28 Å².